The third-order valence-electron chi connectivity index (χ3n) is 4.41. The smallest absolute Gasteiger partial charge is 0.225 e. The molecule has 1 rings (SSSR count). The van der Waals surface area contributed by atoms with E-state index in [0.717, 1.165) is 65.0 Å². The van der Waals surface area contributed by atoms with Crippen molar-refractivity contribution in [1.82, 2.24) is 9.80 Å². The van der Waals surface area contributed by atoms with Crippen LogP contribution < -0.4 is 5.73 Å². The van der Waals surface area contributed by atoms with Gasteiger partial charge in [-0.3, -0.25) is 4.79 Å². The molecular weight excluding hydrogens is 250 g/mol. The van der Waals surface area contributed by atoms with E-state index < -0.39 is 0 Å². The largest absolute Gasteiger partial charge is 0.341 e. The summed E-state index contributed by atoms with van der Waals surface area (Å²) in [5, 5.41) is 0. The van der Waals surface area contributed by atoms with E-state index in [1.54, 1.807) is 0 Å². The van der Waals surface area contributed by atoms with E-state index in [9.17, 15) is 4.79 Å². The monoisotopic (exact) mass is 283 g/mol. The maximum absolute atomic E-state index is 12.4. The van der Waals surface area contributed by atoms with E-state index in [0.29, 0.717) is 5.91 Å². The van der Waals surface area contributed by atoms with Gasteiger partial charge >= 0.3 is 0 Å². The highest BCUT2D eigenvalue weighted by Gasteiger charge is 2.23. The van der Waals surface area contributed by atoms with Crippen LogP contribution >= 0.6 is 0 Å². The molecule has 0 spiro atoms. The summed E-state index contributed by atoms with van der Waals surface area (Å²) in [6, 6.07) is 0. The van der Waals surface area contributed by atoms with Gasteiger partial charge in [0.1, 0.15) is 0 Å². The molecule has 0 saturated carbocycles. The summed E-state index contributed by atoms with van der Waals surface area (Å²) in [7, 11) is 0. The second-order valence-corrected chi connectivity index (χ2v) is 5.88. The van der Waals surface area contributed by atoms with Gasteiger partial charge in [0.2, 0.25) is 5.91 Å². The fourth-order valence-electron chi connectivity index (χ4n) is 2.97. The van der Waals surface area contributed by atoms with Gasteiger partial charge in [-0.1, -0.05) is 20.3 Å². The Kier molecular flexibility index (Phi) is 8.86. The average Bonchev–Trinajstić information content (AvgIpc) is 2.70. The average molecular weight is 283 g/mol. The lowest BCUT2D eigenvalue weighted by Crippen LogP contribution is -2.38. The van der Waals surface area contributed by atoms with E-state index in [-0.39, 0.29) is 5.92 Å². The Morgan fingerprint density at radius 1 is 1.05 bits per heavy atom. The molecule has 20 heavy (non-hydrogen) atoms. The lowest BCUT2D eigenvalue weighted by atomic mass is 10.0. The first-order chi connectivity index (χ1) is 9.72. The molecule has 0 unspecified atom stereocenters. The highest BCUT2D eigenvalue weighted by Crippen LogP contribution is 2.14. The summed E-state index contributed by atoms with van der Waals surface area (Å²) in [6.45, 7) is 10.2. The Bertz CT molecular complexity index is 266. The molecule has 0 radical (unpaired) electrons. The van der Waals surface area contributed by atoms with Gasteiger partial charge in [0.15, 0.2) is 0 Å². The third kappa shape index (κ3) is 5.80. The van der Waals surface area contributed by atoms with Crippen molar-refractivity contribution in [3.63, 3.8) is 0 Å². The Morgan fingerprint density at radius 3 is 2.45 bits per heavy atom. The molecule has 1 aliphatic rings. The van der Waals surface area contributed by atoms with Crippen molar-refractivity contribution in [2.24, 2.45) is 11.7 Å². The molecule has 4 nitrogen and oxygen atoms in total. The molecule has 2 N–H and O–H groups in total. The van der Waals surface area contributed by atoms with Crippen molar-refractivity contribution in [3.05, 3.63) is 0 Å². The number of amides is 1. The van der Waals surface area contributed by atoms with E-state index in [1.165, 1.54) is 12.8 Å². The minimum atomic E-state index is 0.228. The van der Waals surface area contributed by atoms with Crippen molar-refractivity contribution < 1.29 is 4.79 Å². The van der Waals surface area contributed by atoms with Crippen LogP contribution in [0.3, 0.4) is 0 Å². The van der Waals surface area contributed by atoms with Gasteiger partial charge in [-0.2, -0.15) is 0 Å². The van der Waals surface area contributed by atoms with Crippen LogP contribution in [0.4, 0.5) is 0 Å². The van der Waals surface area contributed by atoms with Crippen molar-refractivity contribution >= 4 is 5.91 Å². The van der Waals surface area contributed by atoms with Gasteiger partial charge in [-0.25, -0.2) is 0 Å². The summed E-state index contributed by atoms with van der Waals surface area (Å²) in [5.41, 5.74) is 5.52. The number of carbonyl (C=O) groups is 1. The maximum Gasteiger partial charge on any atom is 0.225 e. The zero-order chi connectivity index (χ0) is 14.8. The second kappa shape index (κ2) is 10.2. The van der Waals surface area contributed by atoms with Gasteiger partial charge in [-0.15, -0.1) is 0 Å². The first-order valence-electron chi connectivity index (χ1n) is 8.44. The Balaban J connectivity index is 2.33. The molecule has 1 saturated heterocycles. The van der Waals surface area contributed by atoms with E-state index in [4.69, 9.17) is 5.73 Å². The van der Waals surface area contributed by atoms with Crippen LogP contribution in [0.25, 0.3) is 0 Å². The van der Waals surface area contributed by atoms with Crippen molar-refractivity contribution in [3.8, 4) is 0 Å². The summed E-state index contributed by atoms with van der Waals surface area (Å²) < 4.78 is 0. The number of rotatable bonds is 8. The Labute approximate surface area is 124 Å². The van der Waals surface area contributed by atoms with Crippen LogP contribution in [-0.4, -0.2) is 55.0 Å². The fraction of sp³-hybridized carbons (Fsp3) is 0.938. The minimum Gasteiger partial charge on any atom is -0.341 e. The van der Waals surface area contributed by atoms with Crippen LogP contribution in [0, 0.1) is 5.92 Å². The van der Waals surface area contributed by atoms with Crippen molar-refractivity contribution in [2.75, 3.05) is 39.3 Å². The van der Waals surface area contributed by atoms with Gasteiger partial charge in [0.25, 0.3) is 0 Å². The van der Waals surface area contributed by atoms with Crippen LogP contribution in [0.2, 0.25) is 0 Å². The second-order valence-electron chi connectivity index (χ2n) is 5.88. The highest BCUT2D eigenvalue weighted by atomic mass is 16.2. The molecule has 1 fully saturated rings. The van der Waals surface area contributed by atoms with Crippen molar-refractivity contribution in [2.45, 2.75) is 52.4 Å². The zero-order valence-corrected chi connectivity index (χ0v) is 13.4. The Hall–Kier alpha value is -0.610. The molecule has 0 aromatic rings. The molecule has 118 valence electrons. The number of carbonyl (C=O) groups excluding carboxylic acids is 1. The first-order valence-corrected chi connectivity index (χ1v) is 8.44. The molecule has 0 atom stereocenters. The van der Waals surface area contributed by atoms with E-state index in [1.807, 2.05) is 0 Å². The van der Waals surface area contributed by atoms with Crippen molar-refractivity contribution in [1.29, 1.82) is 0 Å². The maximum atomic E-state index is 12.4. The number of hydrogen-bond acceptors (Lipinski definition) is 3. The lowest BCUT2D eigenvalue weighted by Gasteiger charge is -2.25. The number of unbranched alkanes of at least 4 members (excludes halogenated alkanes) is 2. The fourth-order valence-corrected chi connectivity index (χ4v) is 2.97. The molecule has 1 heterocycles. The number of hydrogen-bond donors (Lipinski definition) is 1. The predicted octanol–water partition coefficient (Wildman–Crippen LogP) is 2.09. The first kappa shape index (κ1) is 17.4. The summed E-state index contributed by atoms with van der Waals surface area (Å²) >= 11 is 0. The molecule has 0 aliphatic carbocycles. The van der Waals surface area contributed by atoms with Gasteiger partial charge in [-0.05, 0) is 51.7 Å². The normalized spacial score (nSPS) is 17.5. The highest BCUT2D eigenvalue weighted by molar-refractivity contribution is 5.78. The number of nitrogens with zero attached hydrogens (tertiary/aromatic N) is 2. The predicted molar refractivity (Wildman–Crippen MR) is 84.6 cm³/mol. The quantitative estimate of drug-likeness (QED) is 0.694. The van der Waals surface area contributed by atoms with Crippen LogP contribution in [0.15, 0.2) is 0 Å². The topological polar surface area (TPSA) is 49.6 Å². The summed E-state index contributed by atoms with van der Waals surface area (Å²) in [5.74, 6) is 0.603. The molecule has 1 amide bonds. The Morgan fingerprint density at radius 2 is 1.80 bits per heavy atom. The SMILES string of the molecule is CCC(CC)C(=O)N1CCCN(CCCCCN)CC1. The number of nitrogens with two attached hydrogens (primary N) is 1. The molecule has 0 bridgehead atoms. The van der Waals surface area contributed by atoms with E-state index in [2.05, 4.69) is 23.6 Å². The van der Waals surface area contributed by atoms with Gasteiger partial charge in [0, 0.05) is 25.6 Å². The summed E-state index contributed by atoms with van der Waals surface area (Å²) in [4.78, 5) is 17.0. The molecular formula is C16H33N3O. The van der Waals surface area contributed by atoms with Crippen LogP contribution in [0.1, 0.15) is 52.4 Å². The van der Waals surface area contributed by atoms with Crippen LogP contribution in [0.5, 0.6) is 0 Å². The molecule has 0 aromatic carbocycles. The third-order valence-corrected chi connectivity index (χ3v) is 4.41. The lowest BCUT2D eigenvalue weighted by molar-refractivity contribution is -0.135. The minimum absolute atomic E-state index is 0.228. The molecule has 0 aromatic heterocycles. The molecule has 4 heteroatoms. The van der Waals surface area contributed by atoms with Gasteiger partial charge in [0.05, 0.1) is 0 Å². The van der Waals surface area contributed by atoms with Crippen LogP contribution in [-0.2, 0) is 4.79 Å². The summed E-state index contributed by atoms with van der Waals surface area (Å²) in [6.07, 6.45) is 6.64. The van der Waals surface area contributed by atoms with E-state index >= 15 is 0 Å². The molecule has 1 aliphatic heterocycles. The standard InChI is InChI=1S/C16H33N3O/c1-3-15(4-2)16(20)19-12-8-11-18(13-14-19)10-7-5-6-9-17/h15H,3-14,17H2,1-2H3. The van der Waals surface area contributed by atoms with Gasteiger partial charge < -0.3 is 15.5 Å². The zero-order valence-electron chi connectivity index (χ0n) is 13.4.